The molecule has 0 aliphatic heterocycles. The van der Waals surface area contributed by atoms with Crippen LogP contribution in [0.4, 0.5) is 4.39 Å². The van der Waals surface area contributed by atoms with E-state index in [-0.39, 0.29) is 24.5 Å². The van der Waals surface area contributed by atoms with Crippen molar-refractivity contribution in [1.82, 2.24) is 14.2 Å². The minimum atomic E-state index is -0.485. The molecule has 0 radical (unpaired) electrons. The van der Waals surface area contributed by atoms with Gasteiger partial charge in [0.1, 0.15) is 5.52 Å². The van der Waals surface area contributed by atoms with Gasteiger partial charge < -0.3 is 14.4 Å². The number of fused-ring (bicyclic) bond motifs is 1. The fourth-order valence-electron chi connectivity index (χ4n) is 3.37. The second kappa shape index (κ2) is 7.52. The highest BCUT2D eigenvalue weighted by Gasteiger charge is 2.18. The van der Waals surface area contributed by atoms with Crippen molar-refractivity contribution < 1.29 is 14.2 Å². The second-order valence-corrected chi connectivity index (χ2v) is 6.84. The van der Waals surface area contributed by atoms with Gasteiger partial charge in [-0.3, -0.25) is 4.79 Å². The number of benzene rings is 2. The first-order valence-corrected chi connectivity index (χ1v) is 9.12. The Morgan fingerprint density at radius 1 is 1.14 bits per heavy atom. The zero-order chi connectivity index (χ0) is 20.5. The Morgan fingerprint density at radius 2 is 1.90 bits per heavy atom. The van der Waals surface area contributed by atoms with E-state index in [9.17, 15) is 14.3 Å². The maximum Gasteiger partial charge on any atom is 0.277 e. The van der Waals surface area contributed by atoms with Gasteiger partial charge in [0.25, 0.3) is 5.56 Å². The van der Waals surface area contributed by atoms with Crippen molar-refractivity contribution in [1.29, 1.82) is 0 Å². The molecule has 0 saturated heterocycles. The van der Waals surface area contributed by atoms with Crippen LogP contribution < -0.4 is 10.3 Å². The molecule has 6 nitrogen and oxygen atoms in total. The van der Waals surface area contributed by atoms with Crippen molar-refractivity contribution in [3.63, 3.8) is 0 Å². The minimum Gasteiger partial charge on any atom is -0.494 e. The predicted molar refractivity (Wildman–Crippen MR) is 108 cm³/mol. The highest BCUT2D eigenvalue weighted by molar-refractivity contribution is 5.72. The van der Waals surface area contributed by atoms with Gasteiger partial charge >= 0.3 is 0 Å². The summed E-state index contributed by atoms with van der Waals surface area (Å²) < 4.78 is 21.9. The molecule has 0 fully saturated rings. The van der Waals surface area contributed by atoms with Crippen LogP contribution in [0.25, 0.3) is 16.8 Å². The standard InChI is InChI=1S/C22H20FN3O3/c1-14-3-6-16(7-4-14)20-17(13-27)21-22(28)25(9-10-26(21)24-20)12-15-5-8-19(29-2)18(23)11-15/h3-11,27H,12-13H2,1-2H3. The maximum atomic E-state index is 14.0. The van der Waals surface area contributed by atoms with Crippen LogP contribution in [-0.2, 0) is 13.2 Å². The third-order valence-corrected chi connectivity index (χ3v) is 4.91. The Bertz CT molecular complexity index is 1240. The Hall–Kier alpha value is -3.45. The smallest absolute Gasteiger partial charge is 0.277 e. The van der Waals surface area contributed by atoms with Gasteiger partial charge in [-0.05, 0) is 24.6 Å². The molecule has 0 saturated carbocycles. The Balaban J connectivity index is 1.80. The summed E-state index contributed by atoms with van der Waals surface area (Å²) in [6, 6.07) is 12.3. The summed E-state index contributed by atoms with van der Waals surface area (Å²) in [6.07, 6.45) is 3.26. The van der Waals surface area contributed by atoms with Crippen LogP contribution in [0, 0.1) is 12.7 Å². The summed E-state index contributed by atoms with van der Waals surface area (Å²) in [6.45, 7) is 1.86. The molecule has 0 atom stereocenters. The van der Waals surface area contributed by atoms with E-state index in [2.05, 4.69) is 5.10 Å². The van der Waals surface area contributed by atoms with Crippen LogP contribution in [0.5, 0.6) is 5.75 Å². The molecule has 4 aromatic rings. The first-order valence-electron chi connectivity index (χ1n) is 9.12. The normalized spacial score (nSPS) is 11.2. The van der Waals surface area contributed by atoms with Crippen molar-refractivity contribution in [2.24, 2.45) is 0 Å². The first kappa shape index (κ1) is 18.9. The number of halogens is 1. The van der Waals surface area contributed by atoms with Crippen LogP contribution in [-0.4, -0.2) is 26.4 Å². The molecule has 7 heteroatoms. The lowest BCUT2D eigenvalue weighted by Crippen LogP contribution is -2.22. The summed E-state index contributed by atoms with van der Waals surface area (Å²) in [4.78, 5) is 13.1. The zero-order valence-electron chi connectivity index (χ0n) is 16.1. The Kier molecular flexibility index (Phi) is 4.90. The van der Waals surface area contributed by atoms with Crippen LogP contribution in [0.2, 0.25) is 0 Å². The lowest BCUT2D eigenvalue weighted by atomic mass is 10.1. The van der Waals surface area contributed by atoms with E-state index in [0.717, 1.165) is 11.1 Å². The summed E-state index contributed by atoms with van der Waals surface area (Å²) in [5.41, 5.74) is 3.59. The molecule has 148 valence electrons. The van der Waals surface area contributed by atoms with Gasteiger partial charge in [0, 0.05) is 23.5 Å². The minimum absolute atomic E-state index is 0.151. The van der Waals surface area contributed by atoms with E-state index in [1.165, 1.54) is 28.3 Å². The summed E-state index contributed by atoms with van der Waals surface area (Å²) in [5.74, 6) is -0.334. The number of aliphatic hydroxyl groups is 1. The van der Waals surface area contributed by atoms with Gasteiger partial charge in [-0.2, -0.15) is 5.10 Å². The van der Waals surface area contributed by atoms with Crippen LogP contribution in [0.3, 0.4) is 0 Å². The average Bonchev–Trinajstić information content (AvgIpc) is 3.10. The number of methoxy groups -OCH3 is 1. The SMILES string of the molecule is COc1ccc(Cn2ccn3nc(-c4ccc(C)cc4)c(CO)c3c2=O)cc1F. The second-order valence-electron chi connectivity index (χ2n) is 6.84. The molecule has 1 N–H and O–H groups in total. The monoisotopic (exact) mass is 393 g/mol. The molecular formula is C22H20FN3O3. The van der Waals surface area contributed by atoms with Crippen molar-refractivity contribution in [3.8, 4) is 17.0 Å². The van der Waals surface area contributed by atoms with E-state index in [1.807, 2.05) is 31.2 Å². The Morgan fingerprint density at radius 3 is 2.55 bits per heavy atom. The van der Waals surface area contributed by atoms with E-state index >= 15 is 0 Å². The lowest BCUT2D eigenvalue weighted by Gasteiger charge is -2.08. The molecule has 29 heavy (non-hydrogen) atoms. The third kappa shape index (κ3) is 3.40. The molecule has 0 bridgehead atoms. The fourth-order valence-corrected chi connectivity index (χ4v) is 3.37. The summed E-state index contributed by atoms with van der Waals surface area (Å²) >= 11 is 0. The number of aryl methyl sites for hydroxylation is 1. The van der Waals surface area contributed by atoms with E-state index in [1.54, 1.807) is 18.5 Å². The number of hydrogen-bond acceptors (Lipinski definition) is 4. The quantitative estimate of drug-likeness (QED) is 0.566. The fraction of sp³-hybridized carbons (Fsp3) is 0.182. The largest absolute Gasteiger partial charge is 0.494 e. The maximum absolute atomic E-state index is 14.0. The topological polar surface area (TPSA) is 68.8 Å². The number of hydrogen-bond donors (Lipinski definition) is 1. The number of ether oxygens (including phenoxy) is 1. The van der Waals surface area contributed by atoms with Crippen molar-refractivity contribution >= 4 is 5.52 Å². The molecule has 2 aromatic heterocycles. The van der Waals surface area contributed by atoms with Crippen molar-refractivity contribution in [2.45, 2.75) is 20.1 Å². The summed E-state index contributed by atoms with van der Waals surface area (Å²) in [7, 11) is 1.40. The summed E-state index contributed by atoms with van der Waals surface area (Å²) in [5, 5.41) is 14.5. The molecule has 2 heterocycles. The zero-order valence-corrected chi connectivity index (χ0v) is 16.1. The number of rotatable bonds is 5. The first-order chi connectivity index (χ1) is 14.0. The van der Waals surface area contributed by atoms with Crippen LogP contribution in [0.1, 0.15) is 16.7 Å². The molecule has 4 rings (SSSR count). The number of aliphatic hydroxyl groups excluding tert-OH is 1. The molecule has 0 aliphatic carbocycles. The van der Waals surface area contributed by atoms with Gasteiger partial charge in [0.05, 0.1) is 26.0 Å². The molecule has 0 unspecified atom stereocenters. The number of nitrogens with zero attached hydrogens (tertiary/aromatic N) is 3. The molecule has 0 spiro atoms. The van der Waals surface area contributed by atoms with Gasteiger partial charge in [-0.1, -0.05) is 35.9 Å². The van der Waals surface area contributed by atoms with E-state index < -0.39 is 5.82 Å². The average molecular weight is 393 g/mol. The Labute approximate surface area is 166 Å². The van der Waals surface area contributed by atoms with E-state index in [0.29, 0.717) is 22.3 Å². The molecule has 2 aromatic carbocycles. The van der Waals surface area contributed by atoms with Gasteiger partial charge in [-0.25, -0.2) is 8.91 Å². The predicted octanol–water partition coefficient (Wildman–Crippen LogP) is 3.16. The van der Waals surface area contributed by atoms with E-state index in [4.69, 9.17) is 4.74 Å². The number of aromatic nitrogens is 3. The van der Waals surface area contributed by atoms with Crippen molar-refractivity contribution in [3.05, 3.63) is 87.7 Å². The highest BCUT2D eigenvalue weighted by Crippen LogP contribution is 2.25. The van der Waals surface area contributed by atoms with Gasteiger partial charge in [0.15, 0.2) is 11.6 Å². The van der Waals surface area contributed by atoms with Gasteiger partial charge in [-0.15, -0.1) is 0 Å². The van der Waals surface area contributed by atoms with Crippen LogP contribution >= 0.6 is 0 Å². The van der Waals surface area contributed by atoms with Gasteiger partial charge in [0.2, 0.25) is 0 Å². The lowest BCUT2D eigenvalue weighted by molar-refractivity contribution is 0.283. The van der Waals surface area contributed by atoms with Crippen LogP contribution in [0.15, 0.2) is 59.7 Å². The van der Waals surface area contributed by atoms with Crippen molar-refractivity contribution in [2.75, 3.05) is 7.11 Å². The highest BCUT2D eigenvalue weighted by atomic mass is 19.1. The molecule has 0 aliphatic rings. The third-order valence-electron chi connectivity index (χ3n) is 4.91. The molecular weight excluding hydrogens is 373 g/mol. The molecule has 0 amide bonds.